The number of ether oxygens (including phenoxy) is 1. The summed E-state index contributed by atoms with van der Waals surface area (Å²) in [5, 5.41) is 0. The molecule has 0 radical (unpaired) electrons. The van der Waals surface area contributed by atoms with Crippen molar-refractivity contribution < 1.29 is 17.9 Å². The number of halogens is 4. The molecule has 0 spiro atoms. The van der Waals surface area contributed by atoms with Gasteiger partial charge in [0.25, 0.3) is 0 Å². The predicted octanol–water partition coefficient (Wildman–Crippen LogP) is 2.89. The number of alkyl halides is 3. The van der Waals surface area contributed by atoms with Crippen LogP contribution >= 0.6 is 15.9 Å². The van der Waals surface area contributed by atoms with Crippen molar-refractivity contribution in [2.24, 2.45) is 5.73 Å². The lowest BCUT2D eigenvalue weighted by molar-refractivity contribution is -0.153. The van der Waals surface area contributed by atoms with E-state index in [4.69, 9.17) is 5.73 Å². The summed E-state index contributed by atoms with van der Waals surface area (Å²) >= 11 is 3.29. The van der Waals surface area contributed by atoms with Crippen molar-refractivity contribution >= 4 is 15.9 Å². The van der Waals surface area contributed by atoms with Crippen LogP contribution in [-0.4, -0.2) is 19.3 Å². The average molecular weight is 298 g/mol. The Labute approximate surface area is 99.7 Å². The highest BCUT2D eigenvalue weighted by Crippen LogP contribution is 2.24. The van der Waals surface area contributed by atoms with E-state index in [0.29, 0.717) is 13.0 Å². The minimum atomic E-state index is -4.32. The van der Waals surface area contributed by atoms with Crippen LogP contribution in [0.2, 0.25) is 0 Å². The topological polar surface area (TPSA) is 35.2 Å². The van der Waals surface area contributed by atoms with Crippen molar-refractivity contribution in [1.29, 1.82) is 0 Å². The molecule has 0 bridgehead atoms. The fourth-order valence-electron chi connectivity index (χ4n) is 1.15. The minimum Gasteiger partial charge on any atom is -0.484 e. The van der Waals surface area contributed by atoms with Gasteiger partial charge < -0.3 is 10.5 Å². The third kappa shape index (κ3) is 4.40. The summed E-state index contributed by atoms with van der Waals surface area (Å²) < 4.78 is 41.2. The van der Waals surface area contributed by atoms with E-state index < -0.39 is 12.8 Å². The molecule has 0 aliphatic rings. The van der Waals surface area contributed by atoms with Crippen LogP contribution < -0.4 is 10.5 Å². The van der Waals surface area contributed by atoms with Crippen molar-refractivity contribution in [3.05, 3.63) is 28.2 Å². The van der Waals surface area contributed by atoms with Gasteiger partial charge in [0, 0.05) is 4.47 Å². The number of rotatable bonds is 4. The van der Waals surface area contributed by atoms with Crippen LogP contribution in [0, 0.1) is 0 Å². The molecule has 6 heteroatoms. The Balaban J connectivity index is 2.71. The van der Waals surface area contributed by atoms with Crippen LogP contribution in [-0.2, 0) is 6.42 Å². The fourth-order valence-corrected chi connectivity index (χ4v) is 1.60. The van der Waals surface area contributed by atoms with Crippen LogP contribution in [0.15, 0.2) is 22.7 Å². The Hall–Kier alpha value is -0.750. The summed E-state index contributed by atoms with van der Waals surface area (Å²) in [6.07, 6.45) is -3.73. The van der Waals surface area contributed by atoms with Crippen LogP contribution in [0.1, 0.15) is 5.56 Å². The molecule has 0 aliphatic heterocycles. The molecule has 16 heavy (non-hydrogen) atoms. The molecule has 0 saturated heterocycles. The smallest absolute Gasteiger partial charge is 0.422 e. The lowest BCUT2D eigenvalue weighted by Crippen LogP contribution is -2.19. The van der Waals surface area contributed by atoms with Crippen molar-refractivity contribution in [2.45, 2.75) is 12.6 Å². The molecule has 0 amide bonds. The van der Waals surface area contributed by atoms with Gasteiger partial charge in [0.15, 0.2) is 6.61 Å². The third-order valence-electron chi connectivity index (χ3n) is 1.83. The summed E-state index contributed by atoms with van der Waals surface area (Å²) in [4.78, 5) is 0. The van der Waals surface area contributed by atoms with Crippen molar-refractivity contribution in [2.75, 3.05) is 13.2 Å². The quantitative estimate of drug-likeness (QED) is 0.927. The molecular formula is C10H11BrF3NO. The van der Waals surface area contributed by atoms with Crippen LogP contribution in [0.4, 0.5) is 13.2 Å². The van der Waals surface area contributed by atoms with Gasteiger partial charge in [-0.3, -0.25) is 0 Å². The zero-order valence-corrected chi connectivity index (χ0v) is 9.94. The van der Waals surface area contributed by atoms with E-state index in [1.54, 1.807) is 12.1 Å². The zero-order valence-electron chi connectivity index (χ0n) is 8.35. The first kappa shape index (κ1) is 13.3. The molecule has 2 N–H and O–H groups in total. The molecule has 0 saturated carbocycles. The summed E-state index contributed by atoms with van der Waals surface area (Å²) in [6.45, 7) is -0.849. The summed E-state index contributed by atoms with van der Waals surface area (Å²) in [6, 6.07) is 4.69. The molecular weight excluding hydrogens is 287 g/mol. The second-order valence-corrected chi connectivity index (χ2v) is 4.05. The molecule has 2 nitrogen and oxygen atoms in total. The highest BCUT2D eigenvalue weighted by Gasteiger charge is 2.28. The van der Waals surface area contributed by atoms with Gasteiger partial charge in [0.05, 0.1) is 0 Å². The van der Waals surface area contributed by atoms with Gasteiger partial charge in [-0.15, -0.1) is 0 Å². The molecule has 0 aromatic heterocycles. The minimum absolute atomic E-state index is 0.198. The van der Waals surface area contributed by atoms with Gasteiger partial charge in [0.1, 0.15) is 5.75 Å². The monoisotopic (exact) mass is 297 g/mol. The van der Waals surface area contributed by atoms with Gasteiger partial charge >= 0.3 is 6.18 Å². The predicted molar refractivity (Wildman–Crippen MR) is 58.5 cm³/mol. The first-order valence-electron chi connectivity index (χ1n) is 4.60. The van der Waals surface area contributed by atoms with Crippen LogP contribution in [0.5, 0.6) is 5.75 Å². The third-order valence-corrected chi connectivity index (χ3v) is 2.61. The van der Waals surface area contributed by atoms with E-state index in [1.165, 1.54) is 6.07 Å². The van der Waals surface area contributed by atoms with Gasteiger partial charge in [-0.25, -0.2) is 0 Å². The molecule has 0 aliphatic carbocycles. The van der Waals surface area contributed by atoms with Crippen LogP contribution in [0.3, 0.4) is 0 Å². The highest BCUT2D eigenvalue weighted by atomic mass is 79.9. The second-order valence-electron chi connectivity index (χ2n) is 3.20. The molecule has 0 atom stereocenters. The normalized spacial score (nSPS) is 11.6. The second kappa shape index (κ2) is 5.54. The SMILES string of the molecule is NCCc1cc(OCC(F)(F)F)ccc1Br. The molecule has 0 heterocycles. The van der Waals surface area contributed by atoms with Gasteiger partial charge in [-0.2, -0.15) is 13.2 Å². The summed E-state index contributed by atoms with van der Waals surface area (Å²) in [5.74, 6) is 0.198. The van der Waals surface area contributed by atoms with Crippen molar-refractivity contribution in [3.63, 3.8) is 0 Å². The number of hydrogen-bond donors (Lipinski definition) is 1. The van der Waals surface area contributed by atoms with E-state index in [-0.39, 0.29) is 5.75 Å². The van der Waals surface area contributed by atoms with Crippen LogP contribution in [0.25, 0.3) is 0 Å². The van der Waals surface area contributed by atoms with Gasteiger partial charge in [-0.1, -0.05) is 15.9 Å². The van der Waals surface area contributed by atoms with Crippen molar-refractivity contribution in [1.82, 2.24) is 0 Å². The molecule has 0 fully saturated rings. The Morgan fingerprint density at radius 3 is 2.56 bits per heavy atom. The fraction of sp³-hybridized carbons (Fsp3) is 0.400. The Kier molecular flexibility index (Phi) is 4.61. The zero-order chi connectivity index (χ0) is 12.2. The maximum atomic E-state index is 11.9. The standard InChI is InChI=1S/C10H11BrF3NO/c11-9-2-1-8(5-7(9)3-4-15)16-6-10(12,13)14/h1-2,5H,3-4,6,15H2. The molecule has 90 valence electrons. The number of hydrogen-bond acceptors (Lipinski definition) is 2. The van der Waals surface area contributed by atoms with Gasteiger partial charge in [-0.05, 0) is 36.7 Å². The Morgan fingerprint density at radius 2 is 2.00 bits per heavy atom. The average Bonchev–Trinajstić information content (AvgIpc) is 2.18. The van der Waals surface area contributed by atoms with E-state index in [9.17, 15) is 13.2 Å². The number of nitrogens with two attached hydrogens (primary N) is 1. The first-order chi connectivity index (χ1) is 7.42. The lowest BCUT2D eigenvalue weighted by atomic mass is 10.1. The summed E-state index contributed by atoms with van der Waals surface area (Å²) in [7, 11) is 0. The first-order valence-corrected chi connectivity index (χ1v) is 5.40. The van der Waals surface area contributed by atoms with Crippen molar-refractivity contribution in [3.8, 4) is 5.75 Å². The van der Waals surface area contributed by atoms with Gasteiger partial charge in [0.2, 0.25) is 0 Å². The van der Waals surface area contributed by atoms with E-state index in [0.717, 1.165) is 10.0 Å². The Morgan fingerprint density at radius 1 is 1.31 bits per heavy atom. The highest BCUT2D eigenvalue weighted by molar-refractivity contribution is 9.10. The maximum Gasteiger partial charge on any atom is 0.422 e. The molecule has 1 aromatic carbocycles. The molecule has 1 aromatic rings. The summed E-state index contributed by atoms with van der Waals surface area (Å²) in [5.41, 5.74) is 6.22. The largest absolute Gasteiger partial charge is 0.484 e. The molecule has 0 unspecified atom stereocenters. The number of benzene rings is 1. The lowest BCUT2D eigenvalue weighted by Gasteiger charge is -2.11. The van der Waals surface area contributed by atoms with E-state index in [2.05, 4.69) is 20.7 Å². The molecule has 1 rings (SSSR count). The maximum absolute atomic E-state index is 11.9. The Bertz CT molecular complexity index is 354. The van der Waals surface area contributed by atoms with E-state index in [1.807, 2.05) is 0 Å². The van der Waals surface area contributed by atoms with E-state index >= 15 is 0 Å².